The van der Waals surface area contributed by atoms with Gasteiger partial charge in [0.1, 0.15) is 11.9 Å². The summed E-state index contributed by atoms with van der Waals surface area (Å²) in [5.41, 5.74) is 0.0155. The van der Waals surface area contributed by atoms with Crippen LogP contribution in [-0.4, -0.2) is 34.8 Å². The highest BCUT2D eigenvalue weighted by atomic mass is 32.2. The molecular formula is C14H18FNO2S. The molecule has 2 fully saturated rings. The van der Waals surface area contributed by atoms with Gasteiger partial charge in [0.25, 0.3) is 0 Å². The Labute approximate surface area is 116 Å². The second kappa shape index (κ2) is 5.67. The van der Waals surface area contributed by atoms with Crippen molar-refractivity contribution in [3.63, 3.8) is 0 Å². The maximum Gasteiger partial charge on any atom is 0.213 e. The smallest absolute Gasteiger partial charge is 0.213 e. The van der Waals surface area contributed by atoms with Gasteiger partial charge in [-0.3, -0.25) is 0 Å². The van der Waals surface area contributed by atoms with Gasteiger partial charge in [0, 0.05) is 12.8 Å². The van der Waals surface area contributed by atoms with E-state index in [0.717, 1.165) is 32.3 Å². The molecule has 2 aliphatic heterocycles. The largest absolute Gasteiger partial charge is 0.489 e. The molecule has 2 saturated heterocycles. The molecule has 1 unspecified atom stereocenters. The van der Waals surface area contributed by atoms with Crippen LogP contribution in [-0.2, 0) is 4.74 Å². The number of pyridine rings is 1. The fourth-order valence-corrected chi connectivity index (χ4v) is 4.04. The minimum absolute atomic E-state index is 0.0155. The van der Waals surface area contributed by atoms with Gasteiger partial charge in [0.05, 0.1) is 18.4 Å². The zero-order chi connectivity index (χ0) is 13.1. The van der Waals surface area contributed by atoms with Crippen molar-refractivity contribution in [3.8, 4) is 5.75 Å². The Morgan fingerprint density at radius 1 is 1.37 bits per heavy atom. The molecule has 5 heteroatoms. The van der Waals surface area contributed by atoms with Crippen molar-refractivity contribution in [1.82, 2.24) is 4.98 Å². The molecule has 0 aromatic carbocycles. The fourth-order valence-electron chi connectivity index (χ4n) is 2.80. The number of aromatic nitrogens is 1. The van der Waals surface area contributed by atoms with Gasteiger partial charge in [0.15, 0.2) is 0 Å². The van der Waals surface area contributed by atoms with Crippen LogP contribution in [0.2, 0.25) is 0 Å². The van der Waals surface area contributed by atoms with Crippen LogP contribution in [0.3, 0.4) is 0 Å². The summed E-state index contributed by atoms with van der Waals surface area (Å²) in [6, 6.07) is 2.98. The molecule has 1 spiro atoms. The van der Waals surface area contributed by atoms with E-state index in [-0.39, 0.29) is 11.7 Å². The van der Waals surface area contributed by atoms with Gasteiger partial charge in [-0.1, -0.05) is 0 Å². The Balaban J connectivity index is 1.63. The summed E-state index contributed by atoms with van der Waals surface area (Å²) in [6.07, 6.45) is 5.66. The van der Waals surface area contributed by atoms with E-state index in [1.54, 1.807) is 6.07 Å². The van der Waals surface area contributed by atoms with E-state index in [1.165, 1.54) is 23.8 Å². The van der Waals surface area contributed by atoms with Crippen molar-refractivity contribution < 1.29 is 13.9 Å². The summed E-state index contributed by atoms with van der Waals surface area (Å²) in [7, 11) is 0. The molecule has 0 aliphatic carbocycles. The first-order chi connectivity index (χ1) is 9.26. The second-order valence-corrected chi connectivity index (χ2v) is 6.42. The molecule has 0 saturated carbocycles. The second-order valence-electron chi connectivity index (χ2n) is 5.19. The number of nitrogens with zero attached hydrogens (tertiary/aromatic N) is 1. The van der Waals surface area contributed by atoms with E-state index in [4.69, 9.17) is 9.47 Å². The van der Waals surface area contributed by atoms with Crippen LogP contribution in [0.1, 0.15) is 25.7 Å². The van der Waals surface area contributed by atoms with E-state index in [9.17, 15) is 4.39 Å². The van der Waals surface area contributed by atoms with Crippen LogP contribution in [0.15, 0.2) is 18.3 Å². The molecule has 0 bridgehead atoms. The van der Waals surface area contributed by atoms with Crippen molar-refractivity contribution in [2.24, 2.45) is 0 Å². The topological polar surface area (TPSA) is 31.4 Å². The van der Waals surface area contributed by atoms with Crippen LogP contribution in [0, 0.1) is 5.95 Å². The maximum atomic E-state index is 12.8. The first-order valence-corrected chi connectivity index (χ1v) is 7.91. The Morgan fingerprint density at radius 3 is 2.95 bits per heavy atom. The lowest BCUT2D eigenvalue weighted by atomic mass is 9.86. The summed E-state index contributed by atoms with van der Waals surface area (Å²) < 4.78 is 24.7. The van der Waals surface area contributed by atoms with E-state index >= 15 is 0 Å². The van der Waals surface area contributed by atoms with Crippen LogP contribution in [0.25, 0.3) is 0 Å². The van der Waals surface area contributed by atoms with Gasteiger partial charge in [-0.05, 0) is 36.5 Å². The molecule has 2 aliphatic rings. The van der Waals surface area contributed by atoms with Gasteiger partial charge in [0.2, 0.25) is 5.95 Å². The van der Waals surface area contributed by atoms with E-state index in [2.05, 4.69) is 4.98 Å². The Kier molecular flexibility index (Phi) is 3.93. The van der Waals surface area contributed by atoms with Crippen molar-refractivity contribution in [2.45, 2.75) is 37.4 Å². The maximum absolute atomic E-state index is 12.8. The number of hydrogen-bond acceptors (Lipinski definition) is 4. The van der Waals surface area contributed by atoms with Crippen LogP contribution in [0.5, 0.6) is 5.75 Å². The molecule has 19 heavy (non-hydrogen) atoms. The molecule has 1 aromatic rings. The van der Waals surface area contributed by atoms with Crippen molar-refractivity contribution in [1.29, 1.82) is 0 Å². The molecule has 104 valence electrons. The lowest BCUT2D eigenvalue weighted by Gasteiger charge is -2.43. The molecule has 1 atom stereocenters. The van der Waals surface area contributed by atoms with Crippen molar-refractivity contribution in [3.05, 3.63) is 24.3 Å². The number of ether oxygens (including phenoxy) is 2. The Bertz CT molecular complexity index is 414. The van der Waals surface area contributed by atoms with Gasteiger partial charge in [-0.2, -0.15) is 16.2 Å². The first-order valence-electron chi connectivity index (χ1n) is 6.76. The molecule has 3 rings (SSSR count). The Hall–Kier alpha value is -0.810. The summed E-state index contributed by atoms with van der Waals surface area (Å²) in [4.78, 5) is 3.62. The lowest BCUT2D eigenvalue weighted by molar-refractivity contribution is -0.116. The molecule has 0 radical (unpaired) electrons. The molecule has 0 N–H and O–H groups in total. The molecule has 3 nitrogen and oxygen atoms in total. The van der Waals surface area contributed by atoms with Crippen molar-refractivity contribution in [2.75, 3.05) is 18.1 Å². The average Bonchev–Trinajstić information content (AvgIpc) is 2.42. The fraction of sp³-hybridized carbons (Fsp3) is 0.643. The monoisotopic (exact) mass is 283 g/mol. The number of halogens is 1. The number of hydrogen-bond donors (Lipinski definition) is 0. The highest BCUT2D eigenvalue weighted by molar-refractivity contribution is 7.99. The van der Waals surface area contributed by atoms with Gasteiger partial charge in [-0.15, -0.1) is 0 Å². The zero-order valence-electron chi connectivity index (χ0n) is 10.8. The minimum Gasteiger partial charge on any atom is -0.489 e. The third-order valence-electron chi connectivity index (χ3n) is 3.85. The summed E-state index contributed by atoms with van der Waals surface area (Å²) in [5, 5.41) is 0. The standard InChI is InChI=1S/C14H18FNO2S/c15-13-2-1-12(10-16-13)18-11-3-6-17-14(9-11)4-7-19-8-5-14/h1-2,10-11H,3-9H2. The SMILES string of the molecule is Fc1ccc(OC2CCOC3(CCSCC3)C2)cn1. The molecule has 1 aromatic heterocycles. The average molecular weight is 283 g/mol. The first kappa shape index (κ1) is 13.2. The molecule has 0 amide bonds. The minimum atomic E-state index is -0.472. The quantitative estimate of drug-likeness (QED) is 0.781. The van der Waals surface area contributed by atoms with Crippen LogP contribution >= 0.6 is 11.8 Å². The lowest BCUT2D eigenvalue weighted by Crippen LogP contribution is -2.46. The normalized spacial score (nSPS) is 26.3. The zero-order valence-corrected chi connectivity index (χ0v) is 11.6. The van der Waals surface area contributed by atoms with Gasteiger partial charge in [-0.25, -0.2) is 4.98 Å². The van der Waals surface area contributed by atoms with Crippen LogP contribution in [0.4, 0.5) is 4.39 Å². The predicted molar refractivity (Wildman–Crippen MR) is 73.1 cm³/mol. The third kappa shape index (κ3) is 3.20. The van der Waals surface area contributed by atoms with Crippen LogP contribution < -0.4 is 4.74 Å². The summed E-state index contributed by atoms with van der Waals surface area (Å²) in [5.74, 6) is 2.52. The van der Waals surface area contributed by atoms with E-state index in [0.29, 0.717) is 5.75 Å². The van der Waals surface area contributed by atoms with E-state index < -0.39 is 5.95 Å². The highest BCUT2D eigenvalue weighted by Gasteiger charge is 2.39. The predicted octanol–water partition coefficient (Wildman–Crippen LogP) is 3.04. The molecular weight excluding hydrogens is 265 g/mol. The van der Waals surface area contributed by atoms with Crippen molar-refractivity contribution >= 4 is 11.8 Å². The van der Waals surface area contributed by atoms with E-state index in [1.807, 2.05) is 11.8 Å². The molecule has 3 heterocycles. The summed E-state index contributed by atoms with van der Waals surface area (Å²) >= 11 is 2.00. The summed E-state index contributed by atoms with van der Waals surface area (Å²) in [6.45, 7) is 0.754. The number of thioether (sulfide) groups is 1. The van der Waals surface area contributed by atoms with Gasteiger partial charge < -0.3 is 9.47 Å². The number of rotatable bonds is 2. The van der Waals surface area contributed by atoms with Gasteiger partial charge >= 0.3 is 0 Å². The Morgan fingerprint density at radius 2 is 2.21 bits per heavy atom. The highest BCUT2D eigenvalue weighted by Crippen LogP contribution is 2.38. The third-order valence-corrected chi connectivity index (χ3v) is 4.84.